The fourth-order valence-corrected chi connectivity index (χ4v) is 2.89. The summed E-state index contributed by atoms with van der Waals surface area (Å²) in [4.78, 5) is 4.61. The van der Waals surface area contributed by atoms with Crippen molar-refractivity contribution in [3.05, 3.63) is 58.4 Å². The first-order chi connectivity index (χ1) is 9.69. The second kappa shape index (κ2) is 5.29. The van der Waals surface area contributed by atoms with Gasteiger partial charge in [0.2, 0.25) is 5.89 Å². The summed E-state index contributed by atoms with van der Waals surface area (Å²) < 4.78 is 6.82. The van der Waals surface area contributed by atoms with Crippen LogP contribution < -0.4 is 5.73 Å². The van der Waals surface area contributed by atoms with Crippen molar-refractivity contribution >= 4 is 32.7 Å². The van der Waals surface area contributed by atoms with Gasteiger partial charge >= 0.3 is 0 Å². The Morgan fingerprint density at radius 1 is 1.25 bits per heavy atom. The second-order valence-corrected chi connectivity index (χ2v) is 5.68. The maximum atomic E-state index is 5.99. The van der Waals surface area contributed by atoms with E-state index in [0.29, 0.717) is 11.3 Å². The minimum absolute atomic E-state index is 0.154. The van der Waals surface area contributed by atoms with Crippen LogP contribution in [0.5, 0.6) is 0 Å². The molecule has 4 heteroatoms. The van der Waals surface area contributed by atoms with Gasteiger partial charge in [-0.2, -0.15) is 0 Å². The minimum Gasteiger partial charge on any atom is -0.438 e. The molecule has 1 aromatic heterocycles. The smallest absolute Gasteiger partial charge is 0.203 e. The molecule has 1 heterocycles. The van der Waals surface area contributed by atoms with E-state index >= 15 is 0 Å². The van der Waals surface area contributed by atoms with Gasteiger partial charge in [0.25, 0.3) is 0 Å². The number of rotatable bonds is 3. The number of anilines is 1. The Balaban J connectivity index is 2.11. The van der Waals surface area contributed by atoms with Gasteiger partial charge in [0.05, 0.1) is 11.6 Å². The lowest BCUT2D eigenvalue weighted by Crippen LogP contribution is -1.99. The maximum absolute atomic E-state index is 5.99. The first-order valence-electron chi connectivity index (χ1n) is 6.59. The highest BCUT2D eigenvalue weighted by Crippen LogP contribution is 2.33. The van der Waals surface area contributed by atoms with Crippen LogP contribution in [0.3, 0.4) is 0 Å². The van der Waals surface area contributed by atoms with Crippen molar-refractivity contribution in [1.29, 1.82) is 0 Å². The summed E-state index contributed by atoms with van der Waals surface area (Å²) in [5.41, 5.74) is 9.26. The Morgan fingerprint density at radius 2 is 2.00 bits per heavy atom. The van der Waals surface area contributed by atoms with E-state index in [0.717, 1.165) is 22.3 Å². The normalized spacial score (nSPS) is 12.7. The SMILES string of the molecule is CCC(c1ccccc1)c1nc2cc(Br)cc(N)c2o1. The molecule has 0 saturated carbocycles. The summed E-state index contributed by atoms with van der Waals surface area (Å²) in [6, 6.07) is 14.0. The fraction of sp³-hybridized carbons (Fsp3) is 0.188. The minimum atomic E-state index is 0.154. The summed E-state index contributed by atoms with van der Waals surface area (Å²) in [6.45, 7) is 2.13. The van der Waals surface area contributed by atoms with Crippen LogP contribution in [0.25, 0.3) is 11.1 Å². The average Bonchev–Trinajstić information content (AvgIpc) is 2.84. The number of halogens is 1. The molecule has 0 aliphatic rings. The molecule has 20 heavy (non-hydrogen) atoms. The number of aromatic nitrogens is 1. The molecule has 2 N–H and O–H groups in total. The molecule has 0 aliphatic heterocycles. The third-order valence-corrected chi connectivity index (χ3v) is 3.87. The molecule has 0 fully saturated rings. The molecule has 0 radical (unpaired) electrons. The van der Waals surface area contributed by atoms with Crippen molar-refractivity contribution < 1.29 is 4.42 Å². The van der Waals surface area contributed by atoms with Gasteiger partial charge in [-0.05, 0) is 24.1 Å². The summed E-state index contributed by atoms with van der Waals surface area (Å²) in [5.74, 6) is 0.875. The Labute approximate surface area is 125 Å². The molecule has 3 nitrogen and oxygen atoms in total. The van der Waals surface area contributed by atoms with Gasteiger partial charge in [-0.25, -0.2) is 4.98 Å². The second-order valence-electron chi connectivity index (χ2n) is 4.77. The molecule has 0 saturated heterocycles. The third-order valence-electron chi connectivity index (χ3n) is 3.41. The van der Waals surface area contributed by atoms with Crippen LogP contribution in [0.4, 0.5) is 5.69 Å². The van der Waals surface area contributed by atoms with E-state index < -0.39 is 0 Å². The summed E-state index contributed by atoms with van der Waals surface area (Å²) in [5, 5.41) is 0. The Kier molecular flexibility index (Phi) is 3.49. The van der Waals surface area contributed by atoms with Gasteiger partial charge in [0.15, 0.2) is 5.58 Å². The highest BCUT2D eigenvalue weighted by molar-refractivity contribution is 9.10. The number of nitrogens with two attached hydrogens (primary N) is 1. The van der Waals surface area contributed by atoms with Gasteiger partial charge in [0, 0.05) is 4.47 Å². The number of hydrogen-bond donors (Lipinski definition) is 1. The van der Waals surface area contributed by atoms with Crippen molar-refractivity contribution in [3.8, 4) is 0 Å². The number of fused-ring (bicyclic) bond motifs is 1. The first kappa shape index (κ1) is 13.2. The molecule has 0 aliphatic carbocycles. The van der Waals surface area contributed by atoms with Crippen LogP contribution in [0.15, 0.2) is 51.4 Å². The summed E-state index contributed by atoms with van der Waals surface area (Å²) in [7, 11) is 0. The number of hydrogen-bond acceptors (Lipinski definition) is 3. The number of benzene rings is 2. The largest absolute Gasteiger partial charge is 0.438 e. The molecule has 1 atom stereocenters. The topological polar surface area (TPSA) is 52.0 Å². The molecule has 1 unspecified atom stereocenters. The molecule has 0 amide bonds. The van der Waals surface area contributed by atoms with Crippen LogP contribution in [0, 0.1) is 0 Å². The lowest BCUT2D eigenvalue weighted by molar-refractivity contribution is 0.494. The molecule has 0 bridgehead atoms. The predicted octanol–water partition coefficient (Wildman–Crippen LogP) is 4.71. The van der Waals surface area contributed by atoms with E-state index in [1.807, 2.05) is 30.3 Å². The van der Waals surface area contributed by atoms with Gasteiger partial charge < -0.3 is 10.2 Å². The van der Waals surface area contributed by atoms with E-state index in [-0.39, 0.29) is 5.92 Å². The Hall–Kier alpha value is -1.81. The Morgan fingerprint density at radius 3 is 2.70 bits per heavy atom. The monoisotopic (exact) mass is 330 g/mol. The molecular weight excluding hydrogens is 316 g/mol. The first-order valence-corrected chi connectivity index (χ1v) is 7.38. The van der Waals surface area contributed by atoms with Crippen molar-refractivity contribution in [2.45, 2.75) is 19.3 Å². The molecule has 3 rings (SSSR count). The van der Waals surface area contributed by atoms with Crippen molar-refractivity contribution in [2.24, 2.45) is 0 Å². The molecule has 102 valence electrons. The van der Waals surface area contributed by atoms with E-state index in [9.17, 15) is 0 Å². The number of oxazole rings is 1. The van der Waals surface area contributed by atoms with Crippen LogP contribution in [0.1, 0.15) is 30.7 Å². The van der Waals surface area contributed by atoms with Gasteiger partial charge in [-0.15, -0.1) is 0 Å². The quantitative estimate of drug-likeness (QED) is 0.707. The van der Waals surface area contributed by atoms with E-state index in [2.05, 4.69) is 40.0 Å². The zero-order chi connectivity index (χ0) is 14.1. The van der Waals surface area contributed by atoms with E-state index in [4.69, 9.17) is 10.2 Å². The zero-order valence-electron chi connectivity index (χ0n) is 11.1. The number of nitrogen functional groups attached to an aromatic ring is 1. The molecule has 0 spiro atoms. The van der Waals surface area contributed by atoms with E-state index in [1.165, 1.54) is 5.56 Å². The van der Waals surface area contributed by atoms with Crippen molar-refractivity contribution in [1.82, 2.24) is 4.98 Å². The lowest BCUT2D eigenvalue weighted by Gasteiger charge is -2.10. The molecule has 2 aromatic carbocycles. The van der Waals surface area contributed by atoms with Gasteiger partial charge in [0.1, 0.15) is 5.52 Å². The standard InChI is InChI=1S/C16H15BrN2O/c1-2-12(10-6-4-3-5-7-10)16-19-14-9-11(17)8-13(18)15(14)20-16/h3-9,12H,2,18H2,1H3. The fourth-order valence-electron chi connectivity index (χ4n) is 2.43. The third kappa shape index (κ3) is 2.31. The zero-order valence-corrected chi connectivity index (χ0v) is 12.7. The van der Waals surface area contributed by atoms with Crippen molar-refractivity contribution in [2.75, 3.05) is 5.73 Å². The summed E-state index contributed by atoms with van der Waals surface area (Å²) >= 11 is 3.43. The maximum Gasteiger partial charge on any atom is 0.203 e. The molecular formula is C16H15BrN2O. The predicted molar refractivity (Wildman–Crippen MR) is 84.7 cm³/mol. The summed E-state index contributed by atoms with van der Waals surface area (Å²) in [6.07, 6.45) is 0.928. The van der Waals surface area contributed by atoms with Gasteiger partial charge in [-0.3, -0.25) is 0 Å². The van der Waals surface area contributed by atoms with Crippen LogP contribution in [-0.4, -0.2) is 4.98 Å². The van der Waals surface area contributed by atoms with Crippen LogP contribution in [0.2, 0.25) is 0 Å². The van der Waals surface area contributed by atoms with E-state index in [1.54, 1.807) is 0 Å². The highest BCUT2D eigenvalue weighted by atomic mass is 79.9. The van der Waals surface area contributed by atoms with Gasteiger partial charge in [-0.1, -0.05) is 53.2 Å². The van der Waals surface area contributed by atoms with Crippen LogP contribution >= 0.6 is 15.9 Å². The highest BCUT2D eigenvalue weighted by Gasteiger charge is 2.19. The number of nitrogens with zero attached hydrogens (tertiary/aromatic N) is 1. The lowest BCUT2D eigenvalue weighted by atomic mass is 9.97. The average molecular weight is 331 g/mol. The molecule has 3 aromatic rings. The van der Waals surface area contributed by atoms with Crippen molar-refractivity contribution in [3.63, 3.8) is 0 Å². The Bertz CT molecular complexity index is 737. The van der Waals surface area contributed by atoms with Crippen LogP contribution in [-0.2, 0) is 0 Å².